The second-order valence-corrected chi connectivity index (χ2v) is 13.4. The molecular weight excluding hydrogens is 600 g/mol. The molecule has 9 nitrogen and oxygen atoms in total. The predicted molar refractivity (Wildman–Crippen MR) is 187 cm³/mol. The number of hydrogen-bond acceptors (Lipinski definition) is 9. The molecule has 6 unspecified atom stereocenters. The summed E-state index contributed by atoms with van der Waals surface area (Å²) in [6, 6.07) is 0. The van der Waals surface area contributed by atoms with E-state index in [2.05, 4.69) is 26.0 Å². The van der Waals surface area contributed by atoms with Gasteiger partial charge in [0.05, 0.1) is 19.8 Å². The molecule has 0 aromatic rings. The average Bonchev–Trinajstić information content (AvgIpc) is 3.07. The summed E-state index contributed by atoms with van der Waals surface area (Å²) in [4.78, 5) is 12.7. The Kier molecular flexibility index (Phi) is 28.9. The van der Waals surface area contributed by atoms with E-state index < -0.39 is 43.4 Å². The van der Waals surface area contributed by atoms with E-state index in [-0.39, 0.29) is 19.2 Å². The third-order valence-electron chi connectivity index (χ3n) is 8.93. The third kappa shape index (κ3) is 23.1. The highest BCUT2D eigenvalue weighted by Gasteiger charge is 2.44. The lowest BCUT2D eigenvalue weighted by atomic mass is 9.99. The molecular formula is C38H72O9. The van der Waals surface area contributed by atoms with Gasteiger partial charge in [-0.25, -0.2) is 0 Å². The molecule has 0 amide bonds. The summed E-state index contributed by atoms with van der Waals surface area (Å²) in [6.45, 7) is 4.51. The fraction of sp³-hybridized carbons (Fsp3) is 0.921. The van der Waals surface area contributed by atoms with Crippen LogP contribution in [0.4, 0.5) is 0 Å². The van der Waals surface area contributed by atoms with Gasteiger partial charge in [-0.2, -0.15) is 0 Å². The maximum absolute atomic E-state index is 12.7. The van der Waals surface area contributed by atoms with Crippen LogP contribution < -0.4 is 0 Å². The number of hydrogen-bond donors (Lipinski definition) is 4. The van der Waals surface area contributed by atoms with Gasteiger partial charge in [0.1, 0.15) is 30.5 Å². The number of esters is 1. The van der Waals surface area contributed by atoms with Crippen LogP contribution in [-0.4, -0.2) is 89.6 Å². The Labute approximate surface area is 286 Å². The van der Waals surface area contributed by atoms with Crippen molar-refractivity contribution in [3.8, 4) is 0 Å². The first-order chi connectivity index (χ1) is 22.9. The number of allylic oxidation sites excluding steroid dienone is 2. The number of unbranched alkanes of at least 4 members (excludes halogenated alkanes) is 19. The smallest absolute Gasteiger partial charge is 0.306 e. The molecule has 1 saturated heterocycles. The maximum atomic E-state index is 12.7. The van der Waals surface area contributed by atoms with Crippen molar-refractivity contribution in [2.24, 2.45) is 0 Å². The van der Waals surface area contributed by atoms with Gasteiger partial charge >= 0.3 is 5.97 Å². The van der Waals surface area contributed by atoms with Crippen molar-refractivity contribution < 1.29 is 44.2 Å². The van der Waals surface area contributed by atoms with Crippen molar-refractivity contribution in [3.05, 3.63) is 12.2 Å². The van der Waals surface area contributed by atoms with Crippen LogP contribution in [0.2, 0.25) is 0 Å². The molecule has 1 rings (SSSR count). The van der Waals surface area contributed by atoms with Crippen LogP contribution >= 0.6 is 0 Å². The summed E-state index contributed by atoms with van der Waals surface area (Å²) in [5.74, 6) is -0.317. The molecule has 1 fully saturated rings. The predicted octanol–water partition coefficient (Wildman–Crippen LogP) is 7.30. The van der Waals surface area contributed by atoms with Crippen molar-refractivity contribution in [1.82, 2.24) is 0 Å². The molecule has 0 aromatic carbocycles. The molecule has 278 valence electrons. The zero-order valence-corrected chi connectivity index (χ0v) is 30.0. The van der Waals surface area contributed by atoms with E-state index in [9.17, 15) is 25.2 Å². The van der Waals surface area contributed by atoms with Gasteiger partial charge in [0.25, 0.3) is 0 Å². The van der Waals surface area contributed by atoms with E-state index in [1.165, 1.54) is 109 Å². The number of aliphatic hydroxyl groups is 4. The highest BCUT2D eigenvalue weighted by molar-refractivity contribution is 5.69. The minimum Gasteiger partial charge on any atom is -0.457 e. The molecule has 6 atom stereocenters. The molecule has 1 aliphatic rings. The van der Waals surface area contributed by atoms with Crippen molar-refractivity contribution >= 4 is 5.97 Å². The van der Waals surface area contributed by atoms with E-state index in [1.54, 1.807) is 0 Å². The van der Waals surface area contributed by atoms with E-state index in [0.717, 1.165) is 32.1 Å². The molecule has 0 bridgehead atoms. The molecule has 0 radical (unpaired) electrons. The second-order valence-electron chi connectivity index (χ2n) is 13.4. The molecule has 1 heterocycles. The van der Waals surface area contributed by atoms with E-state index in [4.69, 9.17) is 18.9 Å². The Hall–Kier alpha value is -1.07. The summed E-state index contributed by atoms with van der Waals surface area (Å²) >= 11 is 0. The molecule has 0 spiro atoms. The Morgan fingerprint density at radius 3 is 1.77 bits per heavy atom. The summed E-state index contributed by atoms with van der Waals surface area (Å²) in [6.07, 6.45) is 23.7. The van der Waals surface area contributed by atoms with E-state index in [1.807, 2.05) is 0 Å². The highest BCUT2D eigenvalue weighted by atomic mass is 16.7. The molecule has 47 heavy (non-hydrogen) atoms. The van der Waals surface area contributed by atoms with E-state index >= 15 is 0 Å². The van der Waals surface area contributed by atoms with Gasteiger partial charge in [0.15, 0.2) is 6.29 Å². The minimum absolute atomic E-state index is 0.111. The summed E-state index contributed by atoms with van der Waals surface area (Å²) in [7, 11) is 0. The maximum Gasteiger partial charge on any atom is 0.306 e. The van der Waals surface area contributed by atoms with Crippen LogP contribution in [0.3, 0.4) is 0 Å². The van der Waals surface area contributed by atoms with Gasteiger partial charge < -0.3 is 39.4 Å². The van der Waals surface area contributed by atoms with Crippen molar-refractivity contribution in [1.29, 1.82) is 0 Å². The summed E-state index contributed by atoms with van der Waals surface area (Å²) in [5.41, 5.74) is 0. The van der Waals surface area contributed by atoms with Crippen molar-refractivity contribution in [2.45, 2.75) is 198 Å². The van der Waals surface area contributed by atoms with E-state index in [0.29, 0.717) is 13.0 Å². The van der Waals surface area contributed by atoms with Crippen LogP contribution in [-0.2, 0) is 23.7 Å². The molecule has 1 aliphatic heterocycles. The third-order valence-corrected chi connectivity index (χ3v) is 8.93. The average molecular weight is 673 g/mol. The lowest BCUT2D eigenvalue weighted by Crippen LogP contribution is -2.59. The molecule has 0 aromatic heterocycles. The first-order valence-corrected chi connectivity index (χ1v) is 19.3. The van der Waals surface area contributed by atoms with Gasteiger partial charge in [0.2, 0.25) is 0 Å². The van der Waals surface area contributed by atoms with Gasteiger partial charge in [-0.3, -0.25) is 4.79 Å². The lowest BCUT2D eigenvalue weighted by Gasteiger charge is -2.39. The van der Waals surface area contributed by atoms with Gasteiger partial charge in [-0.1, -0.05) is 129 Å². The van der Waals surface area contributed by atoms with Gasteiger partial charge in [-0.15, -0.1) is 0 Å². The largest absolute Gasteiger partial charge is 0.457 e. The van der Waals surface area contributed by atoms with Crippen LogP contribution in [0.5, 0.6) is 0 Å². The zero-order valence-electron chi connectivity index (χ0n) is 30.0. The molecule has 4 N–H and O–H groups in total. The Balaban J connectivity index is 2.33. The first kappa shape index (κ1) is 44.0. The summed E-state index contributed by atoms with van der Waals surface area (Å²) in [5, 5.41) is 39.9. The lowest BCUT2D eigenvalue weighted by molar-refractivity contribution is -0.305. The van der Waals surface area contributed by atoms with Crippen LogP contribution in [0.25, 0.3) is 0 Å². The standard InChI is InChI=1S/C38H72O9/c1-3-5-7-9-11-13-15-16-18-20-22-24-26-28-44-30-32(31-45-38-37(43)36(42)35(41)33(29-39)47-38)46-34(40)27-25-23-21-19-17-14-12-10-8-6-4-2/h11,13,32-33,35-39,41-43H,3-10,12,14-31H2,1-2H3/b13-11-. The first-order valence-electron chi connectivity index (χ1n) is 19.3. The second kappa shape index (κ2) is 30.9. The monoisotopic (exact) mass is 673 g/mol. The van der Waals surface area contributed by atoms with Crippen LogP contribution in [0.15, 0.2) is 12.2 Å². The fourth-order valence-corrected chi connectivity index (χ4v) is 5.84. The molecule has 0 aliphatic carbocycles. The van der Waals surface area contributed by atoms with Crippen molar-refractivity contribution in [2.75, 3.05) is 26.4 Å². The number of carbonyl (C=O) groups excluding carboxylic acids is 1. The van der Waals surface area contributed by atoms with Crippen LogP contribution in [0.1, 0.15) is 162 Å². The molecule has 0 saturated carbocycles. The quantitative estimate of drug-likeness (QED) is 0.0330. The summed E-state index contributed by atoms with van der Waals surface area (Å²) < 4.78 is 22.7. The highest BCUT2D eigenvalue weighted by Crippen LogP contribution is 2.22. The number of aliphatic hydroxyl groups excluding tert-OH is 4. The number of carbonyl (C=O) groups is 1. The molecule has 9 heteroatoms. The van der Waals surface area contributed by atoms with Crippen molar-refractivity contribution in [3.63, 3.8) is 0 Å². The zero-order chi connectivity index (χ0) is 34.4. The SMILES string of the molecule is CCCCC/C=C\CCCCCCCCOCC(COC1OC(CO)C(O)C(O)C1O)OC(=O)CCCCCCCCCCCCC. The number of rotatable bonds is 32. The Morgan fingerprint density at radius 1 is 0.660 bits per heavy atom. The topological polar surface area (TPSA) is 135 Å². The Morgan fingerprint density at radius 2 is 1.17 bits per heavy atom. The minimum atomic E-state index is -1.53. The fourth-order valence-electron chi connectivity index (χ4n) is 5.84. The van der Waals surface area contributed by atoms with Gasteiger partial charge in [0, 0.05) is 13.0 Å². The number of ether oxygens (including phenoxy) is 4. The van der Waals surface area contributed by atoms with Crippen LogP contribution in [0, 0.1) is 0 Å². The normalized spacial score (nSPS) is 22.2. The van der Waals surface area contributed by atoms with Gasteiger partial charge in [-0.05, 0) is 38.5 Å². The Bertz CT molecular complexity index is 732.